The predicted molar refractivity (Wildman–Crippen MR) is 121 cm³/mol. The van der Waals surface area contributed by atoms with Crippen LogP contribution in [0, 0.1) is 5.82 Å². The van der Waals surface area contributed by atoms with Crippen LogP contribution in [0.15, 0.2) is 54.9 Å². The SMILES string of the molecule is CN1CC[C@H](Oc2ccnc(NCc3c(-c4ccc(F)cc4)nc4ccc(Cl)cn34)n2)C1. The van der Waals surface area contributed by atoms with E-state index < -0.39 is 0 Å². The highest BCUT2D eigenvalue weighted by atomic mass is 35.5. The molecular formula is C23H22ClFN6O. The van der Waals surface area contributed by atoms with Crippen LogP contribution >= 0.6 is 11.6 Å². The van der Waals surface area contributed by atoms with Gasteiger partial charge in [0.2, 0.25) is 11.8 Å². The van der Waals surface area contributed by atoms with Crippen molar-refractivity contribution in [2.24, 2.45) is 0 Å². The standard InChI is InChI=1S/C23H22ClFN6O/c1-30-11-9-18(14-30)32-21-8-10-26-23(29-21)27-12-19-22(15-2-5-17(25)6-3-15)28-20-7-4-16(24)13-31(19)20/h2-8,10,13,18H,9,11-12,14H2,1H3,(H,26,27,29)/t18-/m0/s1. The van der Waals surface area contributed by atoms with Crippen molar-refractivity contribution < 1.29 is 9.13 Å². The highest BCUT2D eigenvalue weighted by Gasteiger charge is 2.21. The van der Waals surface area contributed by atoms with E-state index in [0.29, 0.717) is 23.4 Å². The number of hydrogen-bond acceptors (Lipinski definition) is 6. The Morgan fingerprint density at radius 1 is 1.16 bits per heavy atom. The quantitative estimate of drug-likeness (QED) is 0.471. The summed E-state index contributed by atoms with van der Waals surface area (Å²) in [7, 11) is 2.08. The van der Waals surface area contributed by atoms with Gasteiger partial charge in [-0.3, -0.25) is 0 Å². The van der Waals surface area contributed by atoms with E-state index in [1.165, 1.54) is 12.1 Å². The average Bonchev–Trinajstić information content (AvgIpc) is 3.35. The second kappa shape index (κ2) is 8.72. The van der Waals surface area contributed by atoms with Gasteiger partial charge in [-0.25, -0.2) is 14.4 Å². The molecule has 0 aliphatic carbocycles. The predicted octanol–water partition coefficient (Wildman–Crippen LogP) is 4.28. The number of anilines is 1. The smallest absolute Gasteiger partial charge is 0.226 e. The van der Waals surface area contributed by atoms with Crippen LogP contribution in [-0.4, -0.2) is 50.5 Å². The van der Waals surface area contributed by atoms with Gasteiger partial charge >= 0.3 is 0 Å². The number of fused-ring (bicyclic) bond motifs is 1. The largest absolute Gasteiger partial charge is 0.473 e. The van der Waals surface area contributed by atoms with Crippen LogP contribution in [0.1, 0.15) is 12.1 Å². The number of hydrogen-bond donors (Lipinski definition) is 1. The van der Waals surface area contributed by atoms with E-state index >= 15 is 0 Å². The second-order valence-electron chi connectivity index (χ2n) is 7.85. The molecule has 7 nitrogen and oxygen atoms in total. The zero-order chi connectivity index (χ0) is 22.1. The van der Waals surface area contributed by atoms with Gasteiger partial charge in [-0.1, -0.05) is 11.6 Å². The van der Waals surface area contributed by atoms with Crippen LogP contribution < -0.4 is 10.1 Å². The van der Waals surface area contributed by atoms with Crippen LogP contribution in [-0.2, 0) is 6.54 Å². The molecule has 1 N–H and O–H groups in total. The maximum absolute atomic E-state index is 13.4. The summed E-state index contributed by atoms with van der Waals surface area (Å²) in [6, 6.07) is 11.7. The molecule has 1 aliphatic heterocycles. The normalized spacial score (nSPS) is 16.5. The minimum absolute atomic E-state index is 0.133. The molecule has 0 bridgehead atoms. The molecule has 0 saturated carbocycles. The molecule has 1 aromatic carbocycles. The molecule has 3 aromatic heterocycles. The molecule has 5 rings (SSSR count). The summed E-state index contributed by atoms with van der Waals surface area (Å²) >= 11 is 6.23. The molecular weight excluding hydrogens is 431 g/mol. The lowest BCUT2D eigenvalue weighted by atomic mass is 10.1. The Morgan fingerprint density at radius 3 is 2.78 bits per heavy atom. The number of pyridine rings is 1. The summed E-state index contributed by atoms with van der Waals surface area (Å²) in [5, 5.41) is 3.86. The van der Waals surface area contributed by atoms with Gasteiger partial charge in [0.25, 0.3) is 0 Å². The third kappa shape index (κ3) is 4.37. The van der Waals surface area contributed by atoms with Crippen molar-refractivity contribution in [3.8, 4) is 17.1 Å². The van der Waals surface area contributed by atoms with Gasteiger partial charge in [0, 0.05) is 37.1 Å². The average molecular weight is 453 g/mol. The highest BCUT2D eigenvalue weighted by molar-refractivity contribution is 6.30. The number of benzene rings is 1. The molecule has 0 spiro atoms. The first-order valence-corrected chi connectivity index (χ1v) is 10.8. The van der Waals surface area contributed by atoms with E-state index in [0.717, 1.165) is 42.1 Å². The van der Waals surface area contributed by atoms with Crippen molar-refractivity contribution in [3.05, 3.63) is 71.4 Å². The van der Waals surface area contributed by atoms with Crippen molar-refractivity contribution in [3.63, 3.8) is 0 Å². The van der Waals surface area contributed by atoms with Gasteiger partial charge in [0.1, 0.15) is 17.6 Å². The fourth-order valence-corrected chi connectivity index (χ4v) is 4.05. The van der Waals surface area contributed by atoms with E-state index in [2.05, 4.69) is 27.2 Å². The summed E-state index contributed by atoms with van der Waals surface area (Å²) in [6.45, 7) is 2.30. The van der Waals surface area contributed by atoms with Crippen LogP contribution in [0.4, 0.5) is 10.3 Å². The molecule has 0 radical (unpaired) electrons. The summed E-state index contributed by atoms with van der Waals surface area (Å²) in [5.41, 5.74) is 3.16. The molecule has 4 aromatic rings. The molecule has 4 heterocycles. The number of likely N-dealkylation sites (tertiary alicyclic amines) is 1. The fraction of sp³-hybridized carbons (Fsp3) is 0.261. The topological polar surface area (TPSA) is 67.6 Å². The van der Waals surface area contributed by atoms with Gasteiger partial charge in [0.05, 0.1) is 23.0 Å². The zero-order valence-electron chi connectivity index (χ0n) is 17.5. The molecule has 164 valence electrons. The Labute approximate surface area is 189 Å². The zero-order valence-corrected chi connectivity index (χ0v) is 18.3. The maximum atomic E-state index is 13.4. The third-order valence-electron chi connectivity index (χ3n) is 5.48. The summed E-state index contributed by atoms with van der Waals surface area (Å²) in [5.74, 6) is 0.706. The van der Waals surface area contributed by atoms with E-state index in [4.69, 9.17) is 21.3 Å². The van der Waals surface area contributed by atoms with Gasteiger partial charge in [-0.2, -0.15) is 4.98 Å². The van der Waals surface area contributed by atoms with E-state index in [-0.39, 0.29) is 11.9 Å². The lowest BCUT2D eigenvalue weighted by molar-refractivity contribution is 0.200. The van der Waals surface area contributed by atoms with Crippen molar-refractivity contribution in [2.75, 3.05) is 25.5 Å². The van der Waals surface area contributed by atoms with E-state index in [9.17, 15) is 4.39 Å². The number of nitrogens with zero attached hydrogens (tertiary/aromatic N) is 5. The molecule has 32 heavy (non-hydrogen) atoms. The number of aromatic nitrogens is 4. The summed E-state index contributed by atoms with van der Waals surface area (Å²) in [4.78, 5) is 15.8. The Hall–Kier alpha value is -3.23. The lowest BCUT2D eigenvalue weighted by Gasteiger charge is -2.13. The Balaban J connectivity index is 1.41. The minimum atomic E-state index is -0.293. The molecule has 0 amide bonds. The number of ether oxygens (including phenoxy) is 1. The third-order valence-corrected chi connectivity index (χ3v) is 5.70. The molecule has 1 fully saturated rings. The number of nitrogens with one attached hydrogen (secondary N) is 1. The summed E-state index contributed by atoms with van der Waals surface area (Å²) < 4.78 is 21.4. The highest BCUT2D eigenvalue weighted by Crippen LogP contribution is 2.27. The minimum Gasteiger partial charge on any atom is -0.473 e. The molecule has 1 aliphatic rings. The number of likely N-dealkylation sites (N-methyl/N-ethyl adjacent to an activating group) is 1. The number of imidazole rings is 1. The first kappa shape index (κ1) is 20.7. The summed E-state index contributed by atoms with van der Waals surface area (Å²) in [6.07, 6.45) is 4.60. The van der Waals surface area contributed by atoms with Crippen LogP contribution in [0.25, 0.3) is 16.9 Å². The Bertz CT molecular complexity index is 1250. The van der Waals surface area contributed by atoms with Crippen molar-refractivity contribution in [2.45, 2.75) is 19.1 Å². The van der Waals surface area contributed by atoms with E-state index in [1.807, 2.05) is 16.7 Å². The first-order valence-electron chi connectivity index (χ1n) is 10.4. The van der Waals surface area contributed by atoms with Gasteiger partial charge in [-0.05, 0) is 49.9 Å². The molecule has 1 saturated heterocycles. The second-order valence-corrected chi connectivity index (χ2v) is 8.29. The first-order chi connectivity index (χ1) is 15.5. The number of halogens is 2. The Morgan fingerprint density at radius 2 is 2.00 bits per heavy atom. The van der Waals surface area contributed by atoms with Crippen LogP contribution in [0.5, 0.6) is 5.88 Å². The van der Waals surface area contributed by atoms with Gasteiger partial charge < -0.3 is 19.4 Å². The maximum Gasteiger partial charge on any atom is 0.226 e. The monoisotopic (exact) mass is 452 g/mol. The molecule has 1 atom stereocenters. The number of rotatable bonds is 6. The van der Waals surface area contributed by atoms with Crippen molar-refractivity contribution >= 4 is 23.2 Å². The van der Waals surface area contributed by atoms with Crippen LogP contribution in [0.2, 0.25) is 5.02 Å². The lowest BCUT2D eigenvalue weighted by Crippen LogP contribution is -2.22. The van der Waals surface area contributed by atoms with Gasteiger partial charge in [0.15, 0.2) is 0 Å². The van der Waals surface area contributed by atoms with Gasteiger partial charge in [-0.15, -0.1) is 0 Å². The molecule has 9 heteroatoms. The Kier molecular flexibility index (Phi) is 5.63. The fourth-order valence-electron chi connectivity index (χ4n) is 3.89. The van der Waals surface area contributed by atoms with E-state index in [1.54, 1.807) is 30.5 Å². The van der Waals surface area contributed by atoms with Crippen molar-refractivity contribution in [1.82, 2.24) is 24.3 Å². The molecule has 0 unspecified atom stereocenters. The van der Waals surface area contributed by atoms with Crippen molar-refractivity contribution in [1.29, 1.82) is 0 Å². The van der Waals surface area contributed by atoms with Crippen LogP contribution in [0.3, 0.4) is 0 Å².